The van der Waals surface area contributed by atoms with Gasteiger partial charge in [0.25, 0.3) is 17.7 Å². The van der Waals surface area contributed by atoms with Crippen molar-refractivity contribution in [1.82, 2.24) is 19.6 Å². The Labute approximate surface area is 651 Å². The Balaban J connectivity index is 1.66. The smallest absolute Gasteiger partial charge is 0.261 e. The lowest BCUT2D eigenvalue weighted by atomic mass is 9.93. The van der Waals surface area contributed by atoms with E-state index in [9.17, 15) is 4.79 Å². The predicted octanol–water partition coefficient (Wildman–Crippen LogP) is 27.9. The molecule has 0 spiro atoms. The van der Waals surface area contributed by atoms with Crippen molar-refractivity contribution in [3.05, 3.63) is 100 Å². The van der Waals surface area contributed by atoms with E-state index in [1.165, 1.54) is 218 Å². The van der Waals surface area contributed by atoms with Gasteiger partial charge in [-0.25, -0.2) is 0 Å². The van der Waals surface area contributed by atoms with Crippen LogP contribution in [0.2, 0.25) is 0 Å². The van der Waals surface area contributed by atoms with Crippen LogP contribution in [0, 0.1) is 23.7 Å². The lowest BCUT2D eigenvalue weighted by Gasteiger charge is -2.30. The van der Waals surface area contributed by atoms with Gasteiger partial charge in [0.05, 0.1) is 54.8 Å². The number of thiol groups is 2. The average molecular weight is 1490 g/mol. The van der Waals surface area contributed by atoms with E-state index in [4.69, 9.17) is 25.3 Å². The molecule has 5 heterocycles. The monoisotopic (exact) mass is 1490 g/mol. The highest BCUT2D eigenvalue weighted by Gasteiger charge is 2.50. The van der Waals surface area contributed by atoms with Gasteiger partial charge in [0.2, 0.25) is 0 Å². The summed E-state index contributed by atoms with van der Waals surface area (Å²) < 4.78 is 0. The Hall–Kier alpha value is -3.58. The second kappa shape index (κ2) is 54.9. The number of carbonyl (C=O) groups excluding carboxylic acids is 4. The van der Waals surface area contributed by atoms with E-state index in [1.54, 1.807) is 22.7 Å². The van der Waals surface area contributed by atoms with Gasteiger partial charge in [0.15, 0.2) is 6.29 Å². The molecule has 582 valence electrons. The van der Waals surface area contributed by atoms with Crippen LogP contribution in [0.3, 0.4) is 0 Å². The van der Waals surface area contributed by atoms with Crippen LogP contribution < -0.4 is 0 Å². The Morgan fingerprint density at radius 2 is 0.728 bits per heavy atom. The van der Waals surface area contributed by atoms with Gasteiger partial charge in [0.1, 0.15) is 0 Å². The summed E-state index contributed by atoms with van der Waals surface area (Å²) in [4.78, 5) is 73.9. The molecule has 5 rings (SSSR count). The Bertz CT molecular complexity index is 2860. The molecule has 3 amide bonds. The summed E-state index contributed by atoms with van der Waals surface area (Å²) in [6.07, 6.45) is 63.8. The topological polar surface area (TPSA) is 81.2 Å². The molecule has 8 nitrogen and oxygen atoms in total. The van der Waals surface area contributed by atoms with Crippen LogP contribution in [0.25, 0.3) is 11.4 Å². The normalized spacial score (nSPS) is 16.3. The Morgan fingerprint density at radius 3 is 1.10 bits per heavy atom. The van der Waals surface area contributed by atoms with E-state index in [-0.39, 0.29) is 17.7 Å². The van der Waals surface area contributed by atoms with Gasteiger partial charge in [-0.15, -0.1) is 47.9 Å². The first-order valence-corrected chi connectivity index (χ1v) is 46.0. The molecule has 4 unspecified atom stereocenters. The molecule has 0 saturated heterocycles. The minimum absolute atomic E-state index is 0.0559. The molecular weight excluding hydrogens is 1340 g/mol. The second-order valence-corrected chi connectivity index (χ2v) is 34.3. The molecule has 12 heteroatoms. The number of hydrogen-bond acceptors (Lipinski definition) is 9. The molecule has 3 aliphatic heterocycles. The van der Waals surface area contributed by atoms with Gasteiger partial charge >= 0.3 is 0 Å². The maximum atomic E-state index is 16.1. The molecule has 0 fully saturated rings. The van der Waals surface area contributed by atoms with Crippen molar-refractivity contribution in [2.45, 2.75) is 376 Å². The first kappa shape index (κ1) is 90.0. The highest BCUT2D eigenvalue weighted by molar-refractivity contribution is 7.85. The fourth-order valence-electron chi connectivity index (χ4n) is 16.5. The van der Waals surface area contributed by atoms with E-state index in [0.717, 1.165) is 130 Å². The third-order valence-electron chi connectivity index (χ3n) is 22.6. The number of fused-ring (bicyclic) bond motifs is 1. The van der Waals surface area contributed by atoms with E-state index in [2.05, 4.69) is 108 Å². The summed E-state index contributed by atoms with van der Waals surface area (Å²) >= 11 is 14.3. The van der Waals surface area contributed by atoms with Crippen LogP contribution in [0.15, 0.2) is 90.7 Å². The van der Waals surface area contributed by atoms with E-state index >= 15 is 14.4 Å². The lowest BCUT2D eigenvalue weighted by molar-refractivity contribution is -0.125. The highest BCUT2D eigenvalue weighted by Crippen LogP contribution is 2.49. The fourth-order valence-corrected chi connectivity index (χ4v) is 18.8. The number of carbonyl (C=O) groups is 4. The summed E-state index contributed by atoms with van der Waals surface area (Å²) in [5.41, 5.74) is 4.99. The van der Waals surface area contributed by atoms with E-state index < -0.39 is 0 Å². The van der Waals surface area contributed by atoms with Gasteiger partial charge in [-0.3, -0.25) is 19.2 Å². The molecule has 3 aliphatic rings. The van der Waals surface area contributed by atoms with Crippen LogP contribution in [-0.4, -0.2) is 76.8 Å². The maximum Gasteiger partial charge on any atom is 0.261 e. The first-order valence-electron chi connectivity index (χ1n) is 43.4. The standard InChI is InChI=1S/C91H150N4O4S4/c1-10-18-26-34-38-46-55-73(54-42-30-22-14-5)68-92(9)86(82-77(72-96)85(80-64-52-66-102-80)93(89(82)97)69-74(56-43-31-23-15-6)59-47-39-35-27-19-11-2)78(100)62-50-51-63-79(101)87-83-84(91(99)94(87)70-75(57-44-32-24-16-7)60-48-40-36-28-20-12-3)88(81-65-53-67-103-81)95(90(83)98)71-76(58-45-33-25-17-8)61-49-41-37-29-21-13-4/h52-53,62-67,72-76,100-101H,10-51,54-61,68-71H2,1-9H3/b78-62-,79-63-,86-82+. The largest absolute Gasteiger partial charge is 0.373 e. The number of hydrogen-bond donors (Lipinski definition) is 2. The third-order valence-corrected chi connectivity index (χ3v) is 25.1. The summed E-state index contributed by atoms with van der Waals surface area (Å²) in [5.74, 6) is 1.15. The lowest BCUT2D eigenvalue weighted by Crippen LogP contribution is -2.35. The molecule has 0 aliphatic carbocycles. The van der Waals surface area contributed by atoms with E-state index in [0.29, 0.717) is 93.9 Å². The average Bonchev–Trinajstić information content (AvgIpc) is 1.56. The molecule has 4 atom stereocenters. The van der Waals surface area contributed by atoms with Gasteiger partial charge in [-0.1, -0.05) is 337 Å². The number of allylic oxidation sites excluding steroid dienone is 2. The quantitative estimate of drug-likeness (QED) is 0.0299. The minimum atomic E-state index is -0.0902. The minimum Gasteiger partial charge on any atom is -0.373 e. The van der Waals surface area contributed by atoms with Crippen LogP contribution >= 0.6 is 47.9 Å². The number of nitrogens with zero attached hydrogens (tertiary/aromatic N) is 4. The summed E-state index contributed by atoms with van der Waals surface area (Å²) in [6.45, 7) is 20.8. The predicted molar refractivity (Wildman–Crippen MR) is 455 cm³/mol. The molecule has 0 N–H and O–H groups in total. The number of thiophene rings is 2. The molecule has 2 aromatic heterocycles. The Kier molecular flexibility index (Phi) is 48.0. The van der Waals surface area contributed by atoms with Crippen LogP contribution in [0.5, 0.6) is 0 Å². The maximum absolute atomic E-state index is 16.1. The fraction of sp³-hybridized carbons (Fsp3) is 0.736. The number of aldehydes is 1. The Morgan fingerprint density at radius 1 is 0.408 bits per heavy atom. The van der Waals surface area contributed by atoms with Crippen LogP contribution in [0.4, 0.5) is 0 Å². The zero-order valence-corrected chi connectivity index (χ0v) is 70.7. The SMILES string of the molecule is CCCCCCCCC(CCCCCC)CN1C(=O)C2=C(c3cccs3)N(CC(CCCCCC)CCCCCCCC)C(=O)C2=C1/C(S)=C/CC/C=C(S)/C(=C1\C(=O)N(CC(CCCCCC)CCCCCCCC)C(c2cccs2)=C1C=O)N(C)CC(CCCCCC)CCCCCCCC. The van der Waals surface area contributed by atoms with Crippen molar-refractivity contribution >= 4 is 83.3 Å². The molecular formula is C91H150N4O4S4. The van der Waals surface area contributed by atoms with Crippen molar-refractivity contribution < 1.29 is 19.2 Å². The summed E-state index contributed by atoms with van der Waals surface area (Å²) in [5, 5.41) is 4.16. The van der Waals surface area contributed by atoms with Gasteiger partial charge in [-0.05, 0) is 111 Å². The molecule has 103 heavy (non-hydrogen) atoms. The molecule has 0 bridgehead atoms. The zero-order valence-electron chi connectivity index (χ0n) is 67.3. The van der Waals surface area contributed by atoms with Gasteiger partial charge < -0.3 is 19.6 Å². The van der Waals surface area contributed by atoms with Gasteiger partial charge in [0, 0.05) is 43.0 Å². The molecule has 0 saturated carbocycles. The molecule has 0 aromatic carbocycles. The number of unbranched alkanes of at least 4 members (excludes halogenated alkanes) is 33. The van der Waals surface area contributed by atoms with Crippen LogP contribution in [-0.2, 0) is 19.2 Å². The van der Waals surface area contributed by atoms with Crippen molar-refractivity contribution in [3.8, 4) is 0 Å². The van der Waals surface area contributed by atoms with Crippen molar-refractivity contribution in [1.29, 1.82) is 0 Å². The van der Waals surface area contributed by atoms with Gasteiger partial charge in [-0.2, -0.15) is 0 Å². The van der Waals surface area contributed by atoms with Crippen LogP contribution in [0.1, 0.15) is 386 Å². The van der Waals surface area contributed by atoms with Crippen molar-refractivity contribution in [2.24, 2.45) is 23.7 Å². The second-order valence-electron chi connectivity index (χ2n) is 31.5. The zero-order chi connectivity index (χ0) is 74.2. The molecule has 0 radical (unpaired) electrons. The summed E-state index contributed by atoms with van der Waals surface area (Å²) in [6, 6.07) is 8.32. The summed E-state index contributed by atoms with van der Waals surface area (Å²) in [7, 11) is 2.15. The number of amides is 3. The third kappa shape index (κ3) is 31.1. The first-order chi connectivity index (χ1) is 50.4. The van der Waals surface area contributed by atoms with Crippen molar-refractivity contribution in [2.75, 3.05) is 33.2 Å². The number of likely N-dealkylation sites (N-methyl/N-ethyl adjacent to an activating group) is 1. The number of rotatable bonds is 65. The van der Waals surface area contributed by atoms with E-state index in [1.807, 2.05) is 20.8 Å². The highest BCUT2D eigenvalue weighted by atomic mass is 32.1. The van der Waals surface area contributed by atoms with Crippen molar-refractivity contribution in [3.63, 3.8) is 0 Å². The molecule has 2 aromatic rings.